The van der Waals surface area contributed by atoms with Gasteiger partial charge < -0.3 is 15.5 Å². The summed E-state index contributed by atoms with van der Waals surface area (Å²) in [4.78, 5) is 12.3. The average Bonchev–Trinajstić information content (AvgIpc) is 3.15. The SMILES string of the molecule is CC/C=C\C/C=C\C/C=C\C/C=C\C/C=C\C/C=C\C/C=C\CCCCCCCCCCCCCCCC(=O)NC(CO)C(O)CCCCCCC. The first kappa shape index (κ1) is 49.6. The molecular weight excluding hydrogens is 639 g/mol. The molecule has 2 atom stereocenters. The highest BCUT2D eigenvalue weighted by Crippen LogP contribution is 2.14. The van der Waals surface area contributed by atoms with Crippen molar-refractivity contribution in [1.82, 2.24) is 5.32 Å². The van der Waals surface area contributed by atoms with Crippen LogP contribution in [0.5, 0.6) is 0 Å². The lowest BCUT2D eigenvalue weighted by atomic mass is 10.0. The molecule has 4 nitrogen and oxygen atoms in total. The molecule has 0 bridgehead atoms. The van der Waals surface area contributed by atoms with Gasteiger partial charge in [-0.05, 0) is 70.6 Å². The van der Waals surface area contributed by atoms with Crippen molar-refractivity contribution in [2.45, 2.75) is 206 Å². The largest absolute Gasteiger partial charge is 0.394 e. The molecule has 0 aliphatic heterocycles. The van der Waals surface area contributed by atoms with Gasteiger partial charge in [-0.15, -0.1) is 0 Å². The number of hydrogen-bond acceptors (Lipinski definition) is 3. The van der Waals surface area contributed by atoms with Gasteiger partial charge in [0.2, 0.25) is 5.91 Å². The van der Waals surface area contributed by atoms with Crippen molar-refractivity contribution in [2.24, 2.45) is 0 Å². The lowest BCUT2D eigenvalue weighted by molar-refractivity contribution is -0.123. The molecule has 0 saturated carbocycles. The molecule has 0 rings (SSSR count). The third-order valence-electron chi connectivity index (χ3n) is 9.42. The van der Waals surface area contributed by atoms with Crippen molar-refractivity contribution in [2.75, 3.05) is 6.61 Å². The third-order valence-corrected chi connectivity index (χ3v) is 9.42. The minimum atomic E-state index is -0.659. The van der Waals surface area contributed by atoms with Gasteiger partial charge in [0, 0.05) is 6.42 Å². The molecule has 2 unspecified atom stereocenters. The Hall–Kier alpha value is -2.43. The van der Waals surface area contributed by atoms with Crippen LogP contribution < -0.4 is 5.32 Å². The zero-order valence-corrected chi connectivity index (χ0v) is 34.0. The highest BCUT2D eigenvalue weighted by molar-refractivity contribution is 5.76. The minimum Gasteiger partial charge on any atom is -0.394 e. The van der Waals surface area contributed by atoms with Crippen LogP contribution in [-0.2, 0) is 4.79 Å². The second-order valence-electron chi connectivity index (χ2n) is 14.4. The first-order valence-corrected chi connectivity index (χ1v) is 21.8. The number of unbranched alkanes of at least 4 members (excludes halogenated alkanes) is 17. The van der Waals surface area contributed by atoms with E-state index in [1.165, 1.54) is 96.3 Å². The van der Waals surface area contributed by atoms with Crippen LogP contribution in [0.25, 0.3) is 0 Å². The standard InChI is InChI=1S/C48H83NO3/c1-3-5-7-9-10-11-12-13-14-15-16-17-18-19-20-21-22-23-24-25-26-27-28-29-30-31-32-33-34-35-36-37-38-40-42-44-48(52)49-46(45-50)47(51)43-41-39-8-6-4-2/h5,7,10-11,13-14,16-17,19-20,22-23,25-26,46-47,50-51H,3-4,6,8-9,12,15,18,21,24,27-45H2,1-2H3,(H,49,52)/b7-5-,11-10-,14-13-,17-16-,20-19-,23-22-,26-25-. The number of aliphatic hydroxyl groups is 2. The molecule has 0 aromatic heterocycles. The average molecular weight is 722 g/mol. The molecule has 0 aliphatic carbocycles. The molecule has 298 valence electrons. The summed E-state index contributed by atoms with van der Waals surface area (Å²) in [5.41, 5.74) is 0. The van der Waals surface area contributed by atoms with E-state index in [1.54, 1.807) is 0 Å². The fourth-order valence-electron chi connectivity index (χ4n) is 6.10. The summed E-state index contributed by atoms with van der Waals surface area (Å²) in [6.07, 6.45) is 62.7. The summed E-state index contributed by atoms with van der Waals surface area (Å²) in [7, 11) is 0. The fourth-order valence-corrected chi connectivity index (χ4v) is 6.10. The first-order valence-electron chi connectivity index (χ1n) is 21.8. The summed E-state index contributed by atoms with van der Waals surface area (Å²) in [5, 5.41) is 22.8. The maximum atomic E-state index is 12.3. The van der Waals surface area contributed by atoms with E-state index in [-0.39, 0.29) is 12.5 Å². The summed E-state index contributed by atoms with van der Waals surface area (Å²) in [5.74, 6) is -0.0441. The van der Waals surface area contributed by atoms with E-state index in [9.17, 15) is 15.0 Å². The van der Waals surface area contributed by atoms with Gasteiger partial charge in [0.1, 0.15) is 0 Å². The molecular formula is C48H83NO3. The van der Waals surface area contributed by atoms with Gasteiger partial charge in [0.15, 0.2) is 0 Å². The van der Waals surface area contributed by atoms with Gasteiger partial charge in [0.25, 0.3) is 0 Å². The zero-order valence-electron chi connectivity index (χ0n) is 34.0. The van der Waals surface area contributed by atoms with Crippen LogP contribution in [0.15, 0.2) is 85.1 Å². The lowest BCUT2D eigenvalue weighted by Gasteiger charge is -2.22. The quantitative estimate of drug-likeness (QED) is 0.0439. The second-order valence-corrected chi connectivity index (χ2v) is 14.4. The van der Waals surface area contributed by atoms with Gasteiger partial charge in [0.05, 0.1) is 18.8 Å². The minimum absolute atomic E-state index is 0.0441. The van der Waals surface area contributed by atoms with E-state index in [1.807, 2.05) is 0 Å². The van der Waals surface area contributed by atoms with Crippen molar-refractivity contribution in [3.63, 3.8) is 0 Å². The summed E-state index contributed by atoms with van der Waals surface area (Å²) in [6, 6.07) is -0.536. The number of nitrogens with one attached hydrogen (secondary N) is 1. The van der Waals surface area contributed by atoms with Crippen LogP contribution in [0.1, 0.15) is 194 Å². The number of rotatable bonds is 38. The Bertz CT molecular complexity index is 957. The van der Waals surface area contributed by atoms with Crippen LogP contribution in [0.3, 0.4) is 0 Å². The monoisotopic (exact) mass is 722 g/mol. The van der Waals surface area contributed by atoms with Crippen molar-refractivity contribution < 1.29 is 15.0 Å². The Balaban J connectivity index is 3.49. The number of amides is 1. The van der Waals surface area contributed by atoms with E-state index in [0.717, 1.165) is 70.6 Å². The number of hydrogen-bond donors (Lipinski definition) is 3. The van der Waals surface area contributed by atoms with Crippen LogP contribution in [0.4, 0.5) is 0 Å². The van der Waals surface area contributed by atoms with E-state index in [4.69, 9.17) is 0 Å². The molecule has 0 aromatic rings. The molecule has 0 fully saturated rings. The highest BCUT2D eigenvalue weighted by atomic mass is 16.3. The van der Waals surface area contributed by atoms with Crippen LogP contribution >= 0.6 is 0 Å². The Morgan fingerprint density at radius 2 is 0.846 bits per heavy atom. The Kier molecular flexibility index (Phi) is 41.0. The van der Waals surface area contributed by atoms with Crippen LogP contribution in [0.2, 0.25) is 0 Å². The first-order chi connectivity index (χ1) is 25.7. The molecule has 3 N–H and O–H groups in total. The van der Waals surface area contributed by atoms with Crippen molar-refractivity contribution >= 4 is 5.91 Å². The maximum absolute atomic E-state index is 12.3. The van der Waals surface area contributed by atoms with E-state index in [2.05, 4.69) is 104 Å². The third kappa shape index (κ3) is 38.8. The predicted molar refractivity (Wildman–Crippen MR) is 230 cm³/mol. The van der Waals surface area contributed by atoms with Crippen LogP contribution in [0, 0.1) is 0 Å². The van der Waals surface area contributed by atoms with Gasteiger partial charge in [-0.25, -0.2) is 0 Å². The van der Waals surface area contributed by atoms with Gasteiger partial charge in [-0.2, -0.15) is 0 Å². The molecule has 52 heavy (non-hydrogen) atoms. The molecule has 0 aliphatic rings. The van der Waals surface area contributed by atoms with E-state index in [0.29, 0.717) is 12.8 Å². The smallest absolute Gasteiger partial charge is 0.220 e. The van der Waals surface area contributed by atoms with E-state index >= 15 is 0 Å². The predicted octanol–water partition coefficient (Wildman–Crippen LogP) is 13.7. The lowest BCUT2D eigenvalue weighted by Crippen LogP contribution is -2.45. The Labute approximate surface area is 322 Å². The van der Waals surface area contributed by atoms with Crippen LogP contribution in [-0.4, -0.2) is 34.9 Å². The molecule has 0 saturated heterocycles. The van der Waals surface area contributed by atoms with Gasteiger partial charge >= 0.3 is 0 Å². The zero-order chi connectivity index (χ0) is 37.8. The molecule has 0 heterocycles. The Morgan fingerprint density at radius 3 is 1.27 bits per heavy atom. The highest BCUT2D eigenvalue weighted by Gasteiger charge is 2.19. The van der Waals surface area contributed by atoms with Crippen molar-refractivity contribution in [3.05, 3.63) is 85.1 Å². The fraction of sp³-hybridized carbons (Fsp3) is 0.688. The molecule has 4 heteroatoms. The topological polar surface area (TPSA) is 69.6 Å². The van der Waals surface area contributed by atoms with Crippen molar-refractivity contribution in [3.8, 4) is 0 Å². The number of carbonyl (C=O) groups is 1. The Morgan fingerprint density at radius 1 is 0.481 bits per heavy atom. The molecule has 1 amide bonds. The van der Waals surface area contributed by atoms with Crippen molar-refractivity contribution in [1.29, 1.82) is 0 Å². The summed E-state index contributed by atoms with van der Waals surface area (Å²) in [6.45, 7) is 4.15. The summed E-state index contributed by atoms with van der Waals surface area (Å²) < 4.78 is 0. The maximum Gasteiger partial charge on any atom is 0.220 e. The summed E-state index contributed by atoms with van der Waals surface area (Å²) >= 11 is 0. The molecule has 0 spiro atoms. The number of allylic oxidation sites excluding steroid dienone is 14. The van der Waals surface area contributed by atoms with Gasteiger partial charge in [-0.3, -0.25) is 4.79 Å². The number of carbonyl (C=O) groups excluding carboxylic acids is 1. The molecule has 0 radical (unpaired) electrons. The number of aliphatic hydroxyl groups excluding tert-OH is 2. The van der Waals surface area contributed by atoms with E-state index < -0.39 is 12.1 Å². The van der Waals surface area contributed by atoms with Gasteiger partial charge in [-0.1, -0.05) is 202 Å². The normalized spacial score (nSPS) is 13.8. The molecule has 0 aromatic carbocycles. The second kappa shape index (κ2) is 43.0.